The first-order valence-electron chi connectivity index (χ1n) is 6.04. The lowest BCUT2D eigenvalue weighted by Crippen LogP contribution is -2.09. The standard InChI is InChI=1S/C13H17N3O2/c17-7-9-18-8-3-6-14-13-15-10-11-4-1-2-5-12(11)16-13/h1-2,4-5,10,17H,3,6-9H2,(H,14,15,16). The van der Waals surface area contributed by atoms with Gasteiger partial charge in [0.1, 0.15) is 0 Å². The van der Waals surface area contributed by atoms with Crippen LogP contribution in [0.2, 0.25) is 0 Å². The molecule has 18 heavy (non-hydrogen) atoms. The minimum Gasteiger partial charge on any atom is -0.394 e. The average Bonchev–Trinajstić information content (AvgIpc) is 2.42. The smallest absolute Gasteiger partial charge is 0.223 e. The molecule has 1 aromatic carbocycles. The molecule has 2 aromatic rings. The van der Waals surface area contributed by atoms with E-state index in [4.69, 9.17) is 9.84 Å². The zero-order valence-electron chi connectivity index (χ0n) is 10.2. The van der Waals surface area contributed by atoms with Crippen LogP contribution >= 0.6 is 0 Å². The van der Waals surface area contributed by atoms with Crippen molar-refractivity contribution in [1.29, 1.82) is 0 Å². The molecule has 5 nitrogen and oxygen atoms in total. The Morgan fingerprint density at radius 3 is 3.00 bits per heavy atom. The van der Waals surface area contributed by atoms with Gasteiger partial charge in [-0.05, 0) is 12.5 Å². The summed E-state index contributed by atoms with van der Waals surface area (Å²) in [5.74, 6) is 0.635. The molecule has 0 spiro atoms. The van der Waals surface area contributed by atoms with E-state index in [1.807, 2.05) is 30.5 Å². The fourth-order valence-electron chi connectivity index (χ4n) is 1.60. The first-order valence-corrected chi connectivity index (χ1v) is 6.04. The van der Waals surface area contributed by atoms with Crippen molar-refractivity contribution in [3.05, 3.63) is 30.5 Å². The van der Waals surface area contributed by atoms with Crippen LogP contribution in [-0.4, -0.2) is 41.4 Å². The Hall–Kier alpha value is -1.72. The van der Waals surface area contributed by atoms with Gasteiger partial charge < -0.3 is 15.2 Å². The van der Waals surface area contributed by atoms with E-state index in [1.165, 1.54) is 0 Å². The summed E-state index contributed by atoms with van der Waals surface area (Å²) in [5.41, 5.74) is 0.937. The van der Waals surface area contributed by atoms with Crippen molar-refractivity contribution in [3.63, 3.8) is 0 Å². The van der Waals surface area contributed by atoms with Crippen LogP contribution in [0.25, 0.3) is 10.9 Å². The second-order valence-corrected chi connectivity index (χ2v) is 3.87. The van der Waals surface area contributed by atoms with E-state index in [0.29, 0.717) is 19.2 Å². The normalized spacial score (nSPS) is 10.7. The fraction of sp³-hybridized carbons (Fsp3) is 0.385. The highest BCUT2D eigenvalue weighted by molar-refractivity contribution is 5.78. The molecule has 0 atom stereocenters. The predicted molar refractivity (Wildman–Crippen MR) is 70.5 cm³/mol. The molecule has 1 aromatic heterocycles. The van der Waals surface area contributed by atoms with Crippen molar-refractivity contribution in [2.24, 2.45) is 0 Å². The van der Waals surface area contributed by atoms with E-state index >= 15 is 0 Å². The molecular formula is C13H17N3O2. The second kappa shape index (κ2) is 6.88. The molecule has 0 radical (unpaired) electrons. The highest BCUT2D eigenvalue weighted by Gasteiger charge is 1.98. The van der Waals surface area contributed by atoms with E-state index < -0.39 is 0 Å². The molecule has 96 valence electrons. The van der Waals surface area contributed by atoms with Crippen molar-refractivity contribution in [2.45, 2.75) is 6.42 Å². The van der Waals surface area contributed by atoms with Crippen LogP contribution in [0.5, 0.6) is 0 Å². The molecule has 0 unspecified atom stereocenters. The maximum Gasteiger partial charge on any atom is 0.223 e. The molecule has 2 N–H and O–H groups in total. The van der Waals surface area contributed by atoms with Crippen LogP contribution < -0.4 is 5.32 Å². The number of nitrogens with one attached hydrogen (secondary N) is 1. The largest absolute Gasteiger partial charge is 0.394 e. The summed E-state index contributed by atoms with van der Waals surface area (Å²) in [6, 6.07) is 7.88. The molecular weight excluding hydrogens is 230 g/mol. The van der Waals surface area contributed by atoms with Gasteiger partial charge in [0.25, 0.3) is 0 Å². The van der Waals surface area contributed by atoms with Crippen LogP contribution in [0, 0.1) is 0 Å². The molecule has 0 bridgehead atoms. The van der Waals surface area contributed by atoms with Crippen molar-refractivity contribution in [3.8, 4) is 0 Å². The number of aliphatic hydroxyl groups excluding tert-OH is 1. The quantitative estimate of drug-likeness (QED) is 0.725. The average molecular weight is 247 g/mol. The first kappa shape index (κ1) is 12.7. The number of ether oxygens (including phenoxy) is 1. The molecule has 0 aliphatic rings. The number of hydrogen-bond acceptors (Lipinski definition) is 5. The van der Waals surface area contributed by atoms with E-state index in [9.17, 15) is 0 Å². The molecule has 2 rings (SSSR count). The van der Waals surface area contributed by atoms with Gasteiger partial charge in [-0.3, -0.25) is 0 Å². The number of aliphatic hydroxyl groups is 1. The lowest BCUT2D eigenvalue weighted by atomic mass is 10.2. The highest BCUT2D eigenvalue weighted by atomic mass is 16.5. The Morgan fingerprint density at radius 2 is 2.11 bits per heavy atom. The Labute approximate surface area is 106 Å². The maximum absolute atomic E-state index is 8.54. The molecule has 0 amide bonds. The van der Waals surface area contributed by atoms with Gasteiger partial charge in [0.15, 0.2) is 0 Å². The number of nitrogens with zero attached hydrogens (tertiary/aromatic N) is 2. The van der Waals surface area contributed by atoms with Crippen LogP contribution in [0.3, 0.4) is 0 Å². The summed E-state index contributed by atoms with van der Waals surface area (Å²) in [4.78, 5) is 8.64. The van der Waals surface area contributed by atoms with E-state index in [1.54, 1.807) is 0 Å². The number of hydrogen-bond donors (Lipinski definition) is 2. The van der Waals surface area contributed by atoms with Gasteiger partial charge in [0.05, 0.1) is 18.7 Å². The summed E-state index contributed by atoms with van der Waals surface area (Å²) in [7, 11) is 0. The Bertz CT molecular complexity index is 490. The van der Waals surface area contributed by atoms with Crippen LogP contribution in [0.1, 0.15) is 6.42 Å². The third kappa shape index (κ3) is 3.65. The summed E-state index contributed by atoms with van der Waals surface area (Å²) >= 11 is 0. The number of para-hydroxylation sites is 1. The minimum absolute atomic E-state index is 0.0706. The van der Waals surface area contributed by atoms with Crippen molar-refractivity contribution in [1.82, 2.24) is 9.97 Å². The van der Waals surface area contributed by atoms with Gasteiger partial charge in [-0.25, -0.2) is 9.97 Å². The van der Waals surface area contributed by atoms with Gasteiger partial charge in [-0.2, -0.15) is 0 Å². The van der Waals surface area contributed by atoms with Crippen molar-refractivity contribution < 1.29 is 9.84 Å². The SMILES string of the molecule is OCCOCCCNc1ncc2ccccc2n1. The van der Waals surface area contributed by atoms with Crippen molar-refractivity contribution >= 4 is 16.9 Å². The highest BCUT2D eigenvalue weighted by Crippen LogP contribution is 2.11. The fourth-order valence-corrected chi connectivity index (χ4v) is 1.60. The number of aromatic nitrogens is 2. The maximum atomic E-state index is 8.54. The van der Waals surface area contributed by atoms with E-state index in [2.05, 4.69) is 15.3 Å². The molecule has 0 saturated carbocycles. The third-order valence-corrected chi connectivity index (χ3v) is 2.47. The van der Waals surface area contributed by atoms with Gasteiger partial charge in [0.2, 0.25) is 5.95 Å². The Kier molecular flexibility index (Phi) is 4.87. The monoisotopic (exact) mass is 247 g/mol. The molecule has 0 aliphatic heterocycles. The van der Waals surface area contributed by atoms with Gasteiger partial charge >= 0.3 is 0 Å². The molecule has 0 saturated heterocycles. The lowest BCUT2D eigenvalue weighted by molar-refractivity contribution is 0.0921. The second-order valence-electron chi connectivity index (χ2n) is 3.87. The summed E-state index contributed by atoms with van der Waals surface area (Å²) < 4.78 is 5.16. The molecule has 5 heteroatoms. The predicted octanol–water partition coefficient (Wildman–Crippen LogP) is 1.44. The topological polar surface area (TPSA) is 67.3 Å². The molecule has 0 fully saturated rings. The molecule has 0 aliphatic carbocycles. The third-order valence-electron chi connectivity index (χ3n) is 2.47. The van der Waals surface area contributed by atoms with E-state index in [-0.39, 0.29) is 6.61 Å². The molecule has 1 heterocycles. The van der Waals surface area contributed by atoms with Crippen LogP contribution in [0.4, 0.5) is 5.95 Å². The van der Waals surface area contributed by atoms with Gasteiger partial charge in [0, 0.05) is 24.7 Å². The Morgan fingerprint density at radius 1 is 1.22 bits per heavy atom. The summed E-state index contributed by atoms with van der Waals surface area (Å²) in [6.07, 6.45) is 2.67. The van der Waals surface area contributed by atoms with Crippen LogP contribution in [0.15, 0.2) is 30.5 Å². The number of fused-ring (bicyclic) bond motifs is 1. The van der Waals surface area contributed by atoms with Gasteiger partial charge in [-0.1, -0.05) is 18.2 Å². The van der Waals surface area contributed by atoms with Crippen molar-refractivity contribution in [2.75, 3.05) is 31.7 Å². The zero-order valence-corrected chi connectivity index (χ0v) is 10.2. The lowest BCUT2D eigenvalue weighted by Gasteiger charge is -2.05. The Balaban J connectivity index is 1.81. The van der Waals surface area contributed by atoms with E-state index in [0.717, 1.165) is 23.9 Å². The number of rotatable bonds is 7. The van der Waals surface area contributed by atoms with Gasteiger partial charge in [-0.15, -0.1) is 0 Å². The zero-order chi connectivity index (χ0) is 12.6. The minimum atomic E-state index is 0.0706. The summed E-state index contributed by atoms with van der Waals surface area (Å²) in [6.45, 7) is 1.85. The number of benzene rings is 1. The summed E-state index contributed by atoms with van der Waals surface area (Å²) in [5, 5.41) is 12.7. The first-order chi connectivity index (χ1) is 8.90. The number of anilines is 1. The van der Waals surface area contributed by atoms with Crippen LogP contribution in [-0.2, 0) is 4.74 Å².